The van der Waals surface area contributed by atoms with E-state index < -0.39 is 11.7 Å². The monoisotopic (exact) mass is 332 g/mol. The second-order valence-corrected chi connectivity index (χ2v) is 5.55. The Hall–Kier alpha value is -1.30. The van der Waals surface area contributed by atoms with Crippen LogP contribution >= 0.6 is 12.2 Å². The van der Waals surface area contributed by atoms with Crippen LogP contribution < -0.4 is 5.32 Å². The lowest BCUT2D eigenvalue weighted by Crippen LogP contribution is -2.36. The highest BCUT2D eigenvalue weighted by Crippen LogP contribution is 2.34. The maximum absolute atomic E-state index is 13.0. The van der Waals surface area contributed by atoms with E-state index in [1.165, 1.54) is 12.1 Å². The van der Waals surface area contributed by atoms with Gasteiger partial charge in [-0.15, -0.1) is 0 Å². The van der Waals surface area contributed by atoms with Crippen LogP contribution in [0.1, 0.15) is 45.1 Å². The summed E-state index contributed by atoms with van der Waals surface area (Å²) in [6.07, 6.45) is -0.426. The van der Waals surface area contributed by atoms with Gasteiger partial charge in [0.1, 0.15) is 0 Å². The van der Waals surface area contributed by atoms with E-state index in [4.69, 9.17) is 12.2 Å². The molecule has 0 atom stereocenters. The van der Waals surface area contributed by atoms with Crippen molar-refractivity contribution in [1.82, 2.24) is 4.90 Å². The highest BCUT2D eigenvalue weighted by atomic mass is 32.1. The van der Waals surface area contributed by atoms with Crippen LogP contribution in [0.5, 0.6) is 0 Å². The number of nitrogens with zero attached hydrogens (tertiary/aromatic N) is 1. The lowest BCUT2D eigenvalue weighted by Gasteiger charge is -2.26. The normalized spacial score (nSPS) is 11.3. The van der Waals surface area contributed by atoms with Crippen molar-refractivity contribution in [3.05, 3.63) is 29.8 Å². The van der Waals surface area contributed by atoms with Crippen molar-refractivity contribution >= 4 is 23.0 Å². The van der Waals surface area contributed by atoms with Gasteiger partial charge in [0.05, 0.1) is 11.3 Å². The van der Waals surface area contributed by atoms with Gasteiger partial charge in [-0.1, -0.05) is 38.8 Å². The molecular formula is C16H23F3N2S. The Bertz CT molecular complexity index is 467. The van der Waals surface area contributed by atoms with E-state index in [2.05, 4.69) is 19.2 Å². The highest BCUT2D eigenvalue weighted by molar-refractivity contribution is 7.80. The number of alkyl halides is 3. The van der Waals surface area contributed by atoms with Crippen molar-refractivity contribution in [2.45, 2.75) is 45.7 Å². The summed E-state index contributed by atoms with van der Waals surface area (Å²) in [5.74, 6) is 0. The van der Waals surface area contributed by atoms with Crippen LogP contribution in [-0.4, -0.2) is 23.1 Å². The SMILES string of the molecule is CCCCN(CCCC)C(=S)Nc1ccccc1C(F)(F)F. The number of rotatable bonds is 7. The third kappa shape index (κ3) is 5.83. The molecule has 1 N–H and O–H groups in total. The van der Waals surface area contributed by atoms with Crippen LogP contribution in [0.25, 0.3) is 0 Å². The number of nitrogens with one attached hydrogen (secondary N) is 1. The maximum Gasteiger partial charge on any atom is 0.418 e. The molecule has 0 aliphatic rings. The van der Waals surface area contributed by atoms with Gasteiger partial charge in [0.15, 0.2) is 5.11 Å². The molecule has 0 heterocycles. The average Bonchev–Trinajstić information content (AvgIpc) is 2.46. The van der Waals surface area contributed by atoms with Gasteiger partial charge in [-0.2, -0.15) is 13.2 Å². The largest absolute Gasteiger partial charge is 0.418 e. The lowest BCUT2D eigenvalue weighted by atomic mass is 10.1. The fourth-order valence-corrected chi connectivity index (χ4v) is 2.34. The number of benzene rings is 1. The molecule has 0 aromatic heterocycles. The first-order valence-corrected chi connectivity index (χ1v) is 8.03. The molecule has 2 nitrogen and oxygen atoms in total. The zero-order chi connectivity index (χ0) is 16.6. The molecular weight excluding hydrogens is 309 g/mol. The van der Waals surface area contributed by atoms with Gasteiger partial charge in [-0.3, -0.25) is 0 Å². The number of para-hydroxylation sites is 1. The van der Waals surface area contributed by atoms with Gasteiger partial charge >= 0.3 is 6.18 Å². The molecule has 0 saturated heterocycles. The van der Waals surface area contributed by atoms with E-state index in [1.54, 1.807) is 6.07 Å². The zero-order valence-electron chi connectivity index (χ0n) is 13.0. The zero-order valence-corrected chi connectivity index (χ0v) is 13.9. The summed E-state index contributed by atoms with van der Waals surface area (Å²) in [5, 5.41) is 3.13. The van der Waals surface area contributed by atoms with Gasteiger partial charge in [0, 0.05) is 13.1 Å². The number of hydrogen-bond acceptors (Lipinski definition) is 1. The number of anilines is 1. The van der Waals surface area contributed by atoms with E-state index in [-0.39, 0.29) is 5.69 Å². The standard InChI is InChI=1S/C16H23F3N2S/c1-3-5-11-21(12-6-4-2)15(22)20-14-10-8-7-9-13(14)16(17,18)19/h7-10H,3-6,11-12H2,1-2H3,(H,20,22). The molecule has 0 spiro atoms. The number of unbranched alkanes of at least 4 members (excludes halogenated alkanes) is 2. The Labute approximate surface area is 135 Å². The van der Waals surface area contributed by atoms with E-state index in [9.17, 15) is 13.2 Å². The summed E-state index contributed by atoms with van der Waals surface area (Å²) in [4.78, 5) is 1.95. The van der Waals surface area contributed by atoms with Crippen LogP contribution in [0, 0.1) is 0 Å². The fraction of sp³-hybridized carbons (Fsp3) is 0.562. The molecule has 22 heavy (non-hydrogen) atoms. The van der Waals surface area contributed by atoms with Crippen LogP contribution in [0.4, 0.5) is 18.9 Å². The summed E-state index contributed by atoms with van der Waals surface area (Å²) in [5.41, 5.74) is -0.679. The second-order valence-electron chi connectivity index (χ2n) is 5.17. The van der Waals surface area contributed by atoms with Crippen LogP contribution in [0.2, 0.25) is 0 Å². The quantitative estimate of drug-likeness (QED) is 0.682. The molecule has 0 bridgehead atoms. The average molecular weight is 332 g/mol. The minimum Gasteiger partial charge on any atom is -0.349 e. The molecule has 0 aliphatic heterocycles. The molecule has 0 unspecified atom stereocenters. The summed E-state index contributed by atoms with van der Waals surface area (Å²) in [6.45, 7) is 5.67. The molecule has 0 fully saturated rings. The first kappa shape index (κ1) is 18.7. The predicted octanol–water partition coefficient (Wildman–Crippen LogP) is 5.30. The van der Waals surface area contributed by atoms with Crippen molar-refractivity contribution in [2.24, 2.45) is 0 Å². The third-order valence-corrected chi connectivity index (χ3v) is 3.68. The Morgan fingerprint density at radius 3 is 2.14 bits per heavy atom. The van der Waals surface area contributed by atoms with E-state index in [1.807, 2.05) is 4.90 Å². The lowest BCUT2D eigenvalue weighted by molar-refractivity contribution is -0.136. The number of thiocarbonyl (C=S) groups is 1. The van der Waals surface area contributed by atoms with Gasteiger partial charge in [0.25, 0.3) is 0 Å². The van der Waals surface area contributed by atoms with Gasteiger partial charge in [-0.05, 0) is 37.2 Å². The van der Waals surface area contributed by atoms with Gasteiger partial charge in [-0.25, -0.2) is 0 Å². The summed E-state index contributed by atoms with van der Waals surface area (Å²) in [7, 11) is 0. The third-order valence-electron chi connectivity index (χ3n) is 3.32. The molecule has 0 aliphatic carbocycles. The molecule has 1 rings (SSSR count). The second kappa shape index (κ2) is 8.98. The maximum atomic E-state index is 13.0. The Morgan fingerprint density at radius 1 is 1.09 bits per heavy atom. The van der Waals surface area contributed by atoms with Gasteiger partial charge in [0.2, 0.25) is 0 Å². The van der Waals surface area contributed by atoms with Crippen molar-refractivity contribution in [3.8, 4) is 0 Å². The van der Waals surface area contributed by atoms with Crippen molar-refractivity contribution < 1.29 is 13.2 Å². The van der Waals surface area contributed by atoms with Crippen molar-refractivity contribution in [3.63, 3.8) is 0 Å². The van der Waals surface area contributed by atoms with Crippen molar-refractivity contribution in [1.29, 1.82) is 0 Å². The van der Waals surface area contributed by atoms with Crippen molar-refractivity contribution in [2.75, 3.05) is 18.4 Å². The topological polar surface area (TPSA) is 15.3 Å². The molecule has 0 radical (unpaired) electrons. The first-order valence-electron chi connectivity index (χ1n) is 7.62. The molecule has 0 saturated carbocycles. The summed E-state index contributed by atoms with van der Waals surface area (Å²) < 4.78 is 39.0. The van der Waals surface area contributed by atoms with E-state index >= 15 is 0 Å². The summed E-state index contributed by atoms with van der Waals surface area (Å²) in [6, 6.07) is 5.42. The first-order chi connectivity index (χ1) is 10.4. The Kier molecular flexibility index (Phi) is 7.65. The number of hydrogen-bond donors (Lipinski definition) is 1. The van der Waals surface area contributed by atoms with Gasteiger partial charge < -0.3 is 10.2 Å². The molecule has 0 amide bonds. The number of halogens is 3. The van der Waals surface area contributed by atoms with E-state index in [0.29, 0.717) is 5.11 Å². The molecule has 1 aromatic rings. The highest BCUT2D eigenvalue weighted by Gasteiger charge is 2.33. The van der Waals surface area contributed by atoms with E-state index in [0.717, 1.165) is 44.8 Å². The fourth-order valence-electron chi connectivity index (χ4n) is 2.05. The van der Waals surface area contributed by atoms with Crippen LogP contribution in [0.15, 0.2) is 24.3 Å². The molecule has 1 aromatic carbocycles. The Balaban J connectivity index is 2.84. The predicted molar refractivity (Wildman–Crippen MR) is 89.1 cm³/mol. The smallest absolute Gasteiger partial charge is 0.349 e. The molecule has 6 heteroatoms. The Morgan fingerprint density at radius 2 is 1.64 bits per heavy atom. The molecule has 124 valence electrons. The summed E-state index contributed by atoms with van der Waals surface area (Å²) >= 11 is 5.31. The minimum atomic E-state index is -4.39. The minimum absolute atomic E-state index is 0.0120. The van der Waals surface area contributed by atoms with Crippen LogP contribution in [0.3, 0.4) is 0 Å². The van der Waals surface area contributed by atoms with Crippen LogP contribution in [-0.2, 0) is 6.18 Å².